The van der Waals surface area contributed by atoms with Gasteiger partial charge in [-0.05, 0) is 64.7 Å². The summed E-state index contributed by atoms with van der Waals surface area (Å²) >= 11 is 9.92. The van der Waals surface area contributed by atoms with Crippen LogP contribution in [0.25, 0.3) is 0 Å². The Kier molecular flexibility index (Phi) is 17.8. The molecule has 6 nitrogen and oxygen atoms in total. The van der Waals surface area contributed by atoms with Crippen molar-refractivity contribution in [1.29, 1.82) is 0 Å². The SMILES string of the molecule is CN1C(=O)[C@@H](Sc2ccccc2)[C@@H]1c1ccccc1.CN1C(=O)[C@H](Sc2ccccc2)[C@@H]1c1ccccc1.CN=Cc1ccccc1.O=C(Cl)CSc1ccccc1. The van der Waals surface area contributed by atoms with Gasteiger partial charge in [0, 0.05) is 42.0 Å². The first kappa shape index (κ1) is 44.1. The van der Waals surface area contributed by atoms with Crippen LogP contribution in [0, 0.1) is 0 Å². The number of amides is 2. The van der Waals surface area contributed by atoms with Gasteiger partial charge in [-0.15, -0.1) is 35.3 Å². The molecule has 10 heteroatoms. The highest BCUT2D eigenvalue weighted by Crippen LogP contribution is 2.44. The van der Waals surface area contributed by atoms with Gasteiger partial charge < -0.3 is 9.80 Å². The second kappa shape index (κ2) is 23.4. The largest absolute Gasteiger partial charge is 0.336 e. The van der Waals surface area contributed by atoms with Crippen molar-refractivity contribution in [3.63, 3.8) is 0 Å². The average Bonchev–Trinajstić information content (AvgIpc) is 3.28. The molecule has 2 saturated heterocycles. The molecule has 8 rings (SSSR count). The van der Waals surface area contributed by atoms with Crippen molar-refractivity contribution in [2.45, 2.75) is 37.3 Å². The first-order valence-corrected chi connectivity index (χ1v) is 21.8. The summed E-state index contributed by atoms with van der Waals surface area (Å²) in [5.41, 5.74) is 3.57. The van der Waals surface area contributed by atoms with E-state index in [1.807, 2.05) is 164 Å². The molecule has 2 aliphatic heterocycles. The van der Waals surface area contributed by atoms with E-state index in [-0.39, 0.29) is 39.6 Å². The Bertz CT molecular complexity index is 2060. The first-order chi connectivity index (χ1) is 28.3. The summed E-state index contributed by atoms with van der Waals surface area (Å²) in [6, 6.07) is 60.8. The van der Waals surface area contributed by atoms with E-state index in [4.69, 9.17) is 11.6 Å². The zero-order valence-electron chi connectivity index (χ0n) is 32.6. The van der Waals surface area contributed by atoms with Crippen LogP contribution in [0.3, 0.4) is 0 Å². The first-order valence-electron chi connectivity index (χ1n) is 18.7. The van der Waals surface area contributed by atoms with Gasteiger partial charge in [-0.2, -0.15) is 0 Å². The molecule has 296 valence electrons. The van der Waals surface area contributed by atoms with Crippen LogP contribution in [0.1, 0.15) is 28.8 Å². The smallest absolute Gasteiger partial charge is 0.238 e. The van der Waals surface area contributed by atoms with Crippen molar-refractivity contribution in [3.05, 3.63) is 199 Å². The van der Waals surface area contributed by atoms with Gasteiger partial charge in [0.05, 0.1) is 17.8 Å². The number of thioether (sulfide) groups is 3. The highest BCUT2D eigenvalue weighted by Gasteiger charge is 2.47. The zero-order chi connectivity index (χ0) is 41.1. The molecular formula is C48H46ClN3O3S3. The van der Waals surface area contributed by atoms with E-state index in [9.17, 15) is 14.4 Å². The Morgan fingerprint density at radius 3 is 1.22 bits per heavy atom. The number of aliphatic imine (C=N–C) groups is 1. The molecule has 0 aliphatic carbocycles. The third-order valence-corrected chi connectivity index (χ3v) is 12.9. The fourth-order valence-electron chi connectivity index (χ4n) is 6.15. The van der Waals surface area contributed by atoms with Crippen molar-refractivity contribution >= 4 is 70.2 Å². The molecule has 0 radical (unpaired) electrons. The maximum atomic E-state index is 12.1. The molecule has 0 unspecified atom stereocenters. The molecule has 2 heterocycles. The molecule has 2 fully saturated rings. The van der Waals surface area contributed by atoms with Crippen LogP contribution >= 0.6 is 46.9 Å². The number of carbonyl (C=O) groups excluding carboxylic acids is 3. The van der Waals surface area contributed by atoms with Crippen LogP contribution in [-0.4, -0.2) is 70.5 Å². The second-order valence-electron chi connectivity index (χ2n) is 13.1. The van der Waals surface area contributed by atoms with E-state index in [1.54, 1.807) is 30.6 Å². The van der Waals surface area contributed by atoms with Crippen LogP contribution in [0.2, 0.25) is 0 Å². The number of halogens is 1. The topological polar surface area (TPSA) is 70.1 Å². The molecule has 0 saturated carbocycles. The van der Waals surface area contributed by atoms with Crippen LogP contribution < -0.4 is 0 Å². The van der Waals surface area contributed by atoms with Crippen LogP contribution in [0.15, 0.2) is 202 Å². The van der Waals surface area contributed by atoms with Crippen molar-refractivity contribution in [2.75, 3.05) is 26.9 Å². The minimum atomic E-state index is -0.307. The number of likely N-dealkylation sites (tertiary alicyclic amines) is 2. The minimum Gasteiger partial charge on any atom is -0.336 e. The Morgan fingerprint density at radius 1 is 0.552 bits per heavy atom. The lowest BCUT2D eigenvalue weighted by Crippen LogP contribution is -2.54. The van der Waals surface area contributed by atoms with Gasteiger partial charge in [-0.1, -0.05) is 146 Å². The molecule has 0 aromatic heterocycles. The summed E-state index contributed by atoms with van der Waals surface area (Å²) in [6.45, 7) is 0. The van der Waals surface area contributed by atoms with Crippen LogP contribution in [0.4, 0.5) is 0 Å². The van der Waals surface area contributed by atoms with Crippen molar-refractivity contribution in [2.24, 2.45) is 4.99 Å². The van der Waals surface area contributed by atoms with Gasteiger partial charge in [-0.3, -0.25) is 19.4 Å². The molecule has 0 spiro atoms. The van der Waals surface area contributed by atoms with Gasteiger partial charge in [-0.25, -0.2) is 0 Å². The summed E-state index contributed by atoms with van der Waals surface area (Å²) < 4.78 is 0. The number of hydrogen-bond donors (Lipinski definition) is 0. The predicted molar refractivity (Wildman–Crippen MR) is 244 cm³/mol. The predicted octanol–water partition coefficient (Wildman–Crippen LogP) is 11.0. The number of carbonyl (C=O) groups is 3. The third kappa shape index (κ3) is 13.0. The quantitative estimate of drug-likeness (QED) is 0.0592. The maximum absolute atomic E-state index is 12.1. The van der Waals surface area contributed by atoms with Gasteiger partial charge in [0.1, 0.15) is 10.5 Å². The molecule has 6 aromatic carbocycles. The summed E-state index contributed by atoms with van der Waals surface area (Å²) in [4.78, 5) is 45.4. The monoisotopic (exact) mass is 843 g/mol. The van der Waals surface area contributed by atoms with E-state index in [0.717, 1.165) is 20.2 Å². The highest BCUT2D eigenvalue weighted by atomic mass is 35.5. The normalized spacial score (nSPS) is 17.9. The Morgan fingerprint density at radius 2 is 0.879 bits per heavy atom. The molecule has 2 aliphatic rings. The number of β-lactam (4-membered cyclic amide) rings is 2. The van der Waals surface area contributed by atoms with E-state index >= 15 is 0 Å². The maximum Gasteiger partial charge on any atom is 0.238 e. The highest BCUT2D eigenvalue weighted by molar-refractivity contribution is 8.01. The Labute approximate surface area is 360 Å². The fourth-order valence-corrected chi connectivity index (χ4v) is 9.63. The minimum absolute atomic E-state index is 0.00481. The zero-order valence-corrected chi connectivity index (χ0v) is 35.8. The summed E-state index contributed by atoms with van der Waals surface area (Å²) in [6.07, 6.45) is 1.83. The summed E-state index contributed by atoms with van der Waals surface area (Å²) in [7, 11) is 5.52. The lowest BCUT2D eigenvalue weighted by Gasteiger charge is -2.44. The number of nitrogens with zero attached hydrogens (tertiary/aromatic N) is 3. The van der Waals surface area contributed by atoms with Crippen molar-refractivity contribution in [1.82, 2.24) is 9.80 Å². The van der Waals surface area contributed by atoms with Gasteiger partial charge in [0.2, 0.25) is 17.1 Å². The number of benzene rings is 6. The summed E-state index contributed by atoms with van der Waals surface area (Å²) in [5, 5.41) is -0.316. The van der Waals surface area contributed by atoms with Gasteiger partial charge >= 0.3 is 0 Å². The number of hydrogen-bond acceptors (Lipinski definition) is 7. The van der Waals surface area contributed by atoms with Crippen molar-refractivity contribution in [3.8, 4) is 0 Å². The standard InChI is InChI=1S/2C16H15NOS.C8H7ClOS.C8H9N/c2*1-17-14(12-8-4-2-5-9-12)15(16(17)18)19-13-10-6-3-7-11-13;9-8(10)6-11-7-4-2-1-3-5-7;1-9-7-8-5-3-2-4-6-8/h2*2-11,14-15H,1H3;1-5H,6H2;2-7H,1H3/t14-,15+;14-,15-;;/m00../s1. The van der Waals surface area contributed by atoms with Crippen molar-refractivity contribution < 1.29 is 14.4 Å². The molecule has 58 heavy (non-hydrogen) atoms. The van der Waals surface area contributed by atoms with E-state index in [2.05, 4.69) is 53.5 Å². The Hall–Kier alpha value is -5.06. The molecule has 6 aromatic rings. The fraction of sp³-hybridized carbons (Fsp3) is 0.167. The lowest BCUT2D eigenvalue weighted by atomic mass is 9.94. The lowest BCUT2D eigenvalue weighted by molar-refractivity contribution is -0.143. The van der Waals surface area contributed by atoms with Gasteiger partial charge in [0.25, 0.3) is 0 Å². The molecule has 4 atom stereocenters. The van der Waals surface area contributed by atoms with E-state index in [1.165, 1.54) is 22.9 Å². The second-order valence-corrected chi connectivity index (χ2v) is 17.0. The van der Waals surface area contributed by atoms with E-state index in [0.29, 0.717) is 5.75 Å². The Balaban J connectivity index is 0.000000154. The van der Waals surface area contributed by atoms with Gasteiger partial charge in [0.15, 0.2) is 0 Å². The van der Waals surface area contributed by atoms with E-state index < -0.39 is 0 Å². The molecular weight excluding hydrogens is 798 g/mol. The average molecular weight is 845 g/mol. The number of rotatable bonds is 10. The van der Waals surface area contributed by atoms with Crippen LogP contribution in [-0.2, 0) is 14.4 Å². The van der Waals surface area contributed by atoms with Crippen LogP contribution in [0.5, 0.6) is 0 Å². The third-order valence-electron chi connectivity index (χ3n) is 9.06. The summed E-state index contributed by atoms with van der Waals surface area (Å²) in [5.74, 6) is 0.761. The molecule has 0 N–H and O–H groups in total. The molecule has 0 bridgehead atoms. The molecule has 2 amide bonds.